The Morgan fingerprint density at radius 3 is 3.21 bits per heavy atom. The fourth-order valence-corrected chi connectivity index (χ4v) is 2.66. The number of likely N-dealkylation sites (tertiary alicyclic amines) is 1. The lowest BCUT2D eigenvalue weighted by atomic mass is 10.0. The summed E-state index contributed by atoms with van der Waals surface area (Å²) in [6, 6.07) is 0.239. The van der Waals surface area contributed by atoms with E-state index >= 15 is 0 Å². The maximum absolute atomic E-state index is 12.2. The summed E-state index contributed by atoms with van der Waals surface area (Å²) in [6.07, 6.45) is 6.40. The van der Waals surface area contributed by atoms with Crippen LogP contribution in [-0.4, -0.2) is 57.0 Å². The van der Waals surface area contributed by atoms with E-state index in [1.807, 2.05) is 4.90 Å². The summed E-state index contributed by atoms with van der Waals surface area (Å²) in [7, 11) is 1.69. The van der Waals surface area contributed by atoms with E-state index in [-0.39, 0.29) is 12.1 Å². The lowest BCUT2D eigenvalue weighted by molar-refractivity contribution is 0.0828. The van der Waals surface area contributed by atoms with Gasteiger partial charge in [-0.1, -0.05) is 6.08 Å². The third-order valence-electron chi connectivity index (χ3n) is 3.70. The van der Waals surface area contributed by atoms with Crippen molar-refractivity contribution in [2.24, 2.45) is 0 Å². The molecule has 2 amide bonds. The number of carbonyl (C=O) groups excluding carboxylic acids is 1. The SMILES string of the molecule is COCC1CCCCN1C(=O)NCC1=CCCOC1. The number of urea groups is 1. The maximum atomic E-state index is 12.2. The van der Waals surface area contributed by atoms with Crippen LogP contribution in [0.15, 0.2) is 11.6 Å². The minimum atomic E-state index is 0.0215. The monoisotopic (exact) mass is 268 g/mol. The number of nitrogens with one attached hydrogen (secondary N) is 1. The molecule has 0 spiro atoms. The van der Waals surface area contributed by atoms with Crippen LogP contribution in [0.1, 0.15) is 25.7 Å². The molecule has 0 aromatic heterocycles. The minimum Gasteiger partial charge on any atom is -0.383 e. The van der Waals surface area contributed by atoms with Gasteiger partial charge in [-0.05, 0) is 31.3 Å². The first kappa shape index (κ1) is 14.3. The molecule has 1 atom stereocenters. The summed E-state index contributed by atoms with van der Waals surface area (Å²) in [5.41, 5.74) is 1.17. The molecule has 108 valence electrons. The molecule has 1 fully saturated rings. The van der Waals surface area contributed by atoms with E-state index in [0.29, 0.717) is 19.8 Å². The topological polar surface area (TPSA) is 50.8 Å². The van der Waals surface area contributed by atoms with Crippen LogP contribution in [-0.2, 0) is 9.47 Å². The van der Waals surface area contributed by atoms with Gasteiger partial charge in [0.15, 0.2) is 0 Å². The first-order chi connectivity index (χ1) is 9.31. The van der Waals surface area contributed by atoms with Gasteiger partial charge < -0.3 is 19.7 Å². The lowest BCUT2D eigenvalue weighted by Gasteiger charge is -2.35. The number of rotatable bonds is 4. The Morgan fingerprint density at radius 2 is 2.47 bits per heavy atom. The fourth-order valence-electron chi connectivity index (χ4n) is 2.66. The average Bonchev–Trinajstić information content (AvgIpc) is 2.47. The van der Waals surface area contributed by atoms with Crippen molar-refractivity contribution in [1.29, 1.82) is 0 Å². The molecule has 5 heteroatoms. The standard InChI is InChI=1S/C14H24N2O3/c1-18-11-13-6-2-3-7-16(13)14(17)15-9-12-5-4-8-19-10-12/h5,13H,2-4,6-11H2,1H3,(H,15,17). The molecule has 1 N–H and O–H groups in total. The molecule has 1 unspecified atom stereocenters. The van der Waals surface area contributed by atoms with E-state index in [0.717, 1.165) is 32.4 Å². The van der Waals surface area contributed by atoms with Gasteiger partial charge >= 0.3 is 6.03 Å². The zero-order chi connectivity index (χ0) is 13.5. The van der Waals surface area contributed by atoms with Crippen molar-refractivity contribution < 1.29 is 14.3 Å². The first-order valence-corrected chi connectivity index (χ1v) is 7.10. The van der Waals surface area contributed by atoms with Crippen LogP contribution >= 0.6 is 0 Å². The average molecular weight is 268 g/mol. The number of carbonyl (C=O) groups is 1. The van der Waals surface area contributed by atoms with Crippen molar-refractivity contribution in [2.75, 3.05) is 40.0 Å². The highest BCUT2D eigenvalue weighted by molar-refractivity contribution is 5.75. The number of nitrogens with zero attached hydrogens (tertiary/aromatic N) is 1. The highest BCUT2D eigenvalue weighted by Crippen LogP contribution is 2.17. The van der Waals surface area contributed by atoms with Gasteiger partial charge in [-0.3, -0.25) is 0 Å². The smallest absolute Gasteiger partial charge is 0.317 e. The second-order valence-corrected chi connectivity index (χ2v) is 5.16. The highest BCUT2D eigenvalue weighted by atomic mass is 16.5. The van der Waals surface area contributed by atoms with Gasteiger partial charge in [0.05, 0.1) is 25.9 Å². The van der Waals surface area contributed by atoms with Crippen LogP contribution in [0.2, 0.25) is 0 Å². The molecule has 19 heavy (non-hydrogen) atoms. The molecule has 0 aromatic rings. The Kier molecular flexibility index (Phi) is 5.66. The summed E-state index contributed by atoms with van der Waals surface area (Å²) < 4.78 is 10.6. The van der Waals surface area contributed by atoms with E-state index in [1.165, 1.54) is 12.0 Å². The molecule has 2 rings (SSSR count). The van der Waals surface area contributed by atoms with Crippen molar-refractivity contribution in [3.63, 3.8) is 0 Å². The molecule has 0 aromatic carbocycles. The molecule has 5 nitrogen and oxygen atoms in total. The number of ether oxygens (including phenoxy) is 2. The van der Waals surface area contributed by atoms with Crippen LogP contribution in [0.3, 0.4) is 0 Å². The number of hydrogen-bond acceptors (Lipinski definition) is 3. The van der Waals surface area contributed by atoms with Gasteiger partial charge in [0.2, 0.25) is 0 Å². The Labute approximate surface area is 114 Å². The predicted octanol–water partition coefficient (Wildman–Crippen LogP) is 1.54. The van der Waals surface area contributed by atoms with E-state index in [9.17, 15) is 4.79 Å². The maximum Gasteiger partial charge on any atom is 0.317 e. The molecular weight excluding hydrogens is 244 g/mol. The number of methoxy groups -OCH3 is 1. The highest BCUT2D eigenvalue weighted by Gasteiger charge is 2.26. The van der Waals surface area contributed by atoms with E-state index in [4.69, 9.17) is 9.47 Å². The zero-order valence-electron chi connectivity index (χ0n) is 11.7. The van der Waals surface area contributed by atoms with Gasteiger partial charge in [0, 0.05) is 20.2 Å². The summed E-state index contributed by atoms with van der Waals surface area (Å²) in [5.74, 6) is 0. The summed E-state index contributed by atoms with van der Waals surface area (Å²) >= 11 is 0. The number of amides is 2. The quantitative estimate of drug-likeness (QED) is 0.787. The molecule has 0 radical (unpaired) electrons. The first-order valence-electron chi connectivity index (χ1n) is 7.10. The Morgan fingerprint density at radius 1 is 1.58 bits per heavy atom. The zero-order valence-corrected chi connectivity index (χ0v) is 11.7. The molecule has 0 saturated carbocycles. The van der Waals surface area contributed by atoms with Gasteiger partial charge in [0.25, 0.3) is 0 Å². The molecule has 2 heterocycles. The van der Waals surface area contributed by atoms with Crippen LogP contribution in [0.25, 0.3) is 0 Å². The van der Waals surface area contributed by atoms with E-state index in [2.05, 4.69) is 11.4 Å². The molecule has 1 saturated heterocycles. The Hall–Kier alpha value is -1.07. The molecule has 2 aliphatic rings. The Bertz CT molecular complexity index is 329. The third kappa shape index (κ3) is 4.21. The predicted molar refractivity (Wildman–Crippen MR) is 73.1 cm³/mol. The Balaban J connectivity index is 1.81. The molecule has 2 aliphatic heterocycles. The van der Waals surface area contributed by atoms with Gasteiger partial charge in [-0.2, -0.15) is 0 Å². The van der Waals surface area contributed by atoms with Crippen molar-refractivity contribution in [2.45, 2.75) is 31.7 Å². The normalized spacial score (nSPS) is 23.9. The summed E-state index contributed by atoms with van der Waals surface area (Å²) in [4.78, 5) is 14.1. The van der Waals surface area contributed by atoms with Crippen LogP contribution in [0.5, 0.6) is 0 Å². The van der Waals surface area contributed by atoms with Crippen molar-refractivity contribution in [1.82, 2.24) is 10.2 Å². The van der Waals surface area contributed by atoms with E-state index in [1.54, 1.807) is 7.11 Å². The van der Waals surface area contributed by atoms with Crippen LogP contribution < -0.4 is 5.32 Å². The summed E-state index contributed by atoms with van der Waals surface area (Å²) in [5, 5.41) is 2.99. The van der Waals surface area contributed by atoms with Crippen molar-refractivity contribution >= 4 is 6.03 Å². The van der Waals surface area contributed by atoms with Gasteiger partial charge in [-0.25, -0.2) is 4.79 Å². The fraction of sp³-hybridized carbons (Fsp3) is 0.786. The number of hydrogen-bond donors (Lipinski definition) is 1. The molecular formula is C14H24N2O3. The number of piperidine rings is 1. The largest absolute Gasteiger partial charge is 0.383 e. The second kappa shape index (κ2) is 7.50. The third-order valence-corrected chi connectivity index (χ3v) is 3.70. The van der Waals surface area contributed by atoms with Gasteiger partial charge in [0.1, 0.15) is 0 Å². The van der Waals surface area contributed by atoms with Crippen LogP contribution in [0, 0.1) is 0 Å². The van der Waals surface area contributed by atoms with Crippen molar-refractivity contribution in [3.8, 4) is 0 Å². The van der Waals surface area contributed by atoms with Gasteiger partial charge in [-0.15, -0.1) is 0 Å². The molecule has 0 aliphatic carbocycles. The minimum absolute atomic E-state index is 0.0215. The van der Waals surface area contributed by atoms with E-state index < -0.39 is 0 Å². The second-order valence-electron chi connectivity index (χ2n) is 5.16. The van der Waals surface area contributed by atoms with Crippen molar-refractivity contribution in [3.05, 3.63) is 11.6 Å². The lowest BCUT2D eigenvalue weighted by Crippen LogP contribution is -2.50. The van der Waals surface area contributed by atoms with Crippen LogP contribution in [0.4, 0.5) is 4.79 Å². The summed E-state index contributed by atoms with van der Waals surface area (Å²) in [6.45, 7) is 3.48. The molecule has 0 bridgehead atoms.